The van der Waals surface area contributed by atoms with Crippen molar-refractivity contribution < 1.29 is 13.5 Å². The first-order chi connectivity index (χ1) is 8.84. The molecule has 0 amide bonds. The zero-order valence-corrected chi connectivity index (χ0v) is 12.3. The fraction of sp³-hybridized carbons (Fsp3) is 0.500. The van der Waals surface area contributed by atoms with Crippen molar-refractivity contribution in [1.29, 1.82) is 0 Å². The first-order valence-electron chi connectivity index (χ1n) is 6.01. The number of sulfonamides is 1. The Bertz CT molecular complexity index is 622. The molecular weight excluding hydrogens is 309 g/mol. The average molecular weight is 322 g/mol. The second-order valence-electron chi connectivity index (χ2n) is 5.20. The smallest absolute Gasteiger partial charge is 0.244 e. The highest BCUT2D eigenvalue weighted by Crippen LogP contribution is 2.46. The minimum absolute atomic E-state index is 0.000450. The summed E-state index contributed by atoms with van der Waals surface area (Å²) in [5.41, 5.74) is -0.849. The molecule has 2 aliphatic rings. The zero-order valence-electron chi connectivity index (χ0n) is 10.0. The monoisotopic (exact) mass is 321 g/mol. The highest BCUT2D eigenvalue weighted by molar-refractivity contribution is 7.89. The Kier molecular flexibility index (Phi) is 3.11. The summed E-state index contributed by atoms with van der Waals surface area (Å²) in [5.74, 6) is 0.244. The standard InChI is InChI=1S/C12H13Cl2NO3S/c13-9-2-1-3-10(11(9)14)19(17,18)15-6-12(16,7-15)8-4-5-8/h1-3,8,16H,4-7H2. The molecule has 0 aromatic heterocycles. The second-order valence-corrected chi connectivity index (χ2v) is 7.89. The lowest BCUT2D eigenvalue weighted by atomic mass is 9.91. The fourth-order valence-corrected chi connectivity index (χ4v) is 4.74. The molecule has 0 atom stereocenters. The minimum atomic E-state index is -3.68. The molecule has 0 radical (unpaired) electrons. The third-order valence-electron chi connectivity index (χ3n) is 3.77. The van der Waals surface area contributed by atoms with Crippen molar-refractivity contribution >= 4 is 33.2 Å². The summed E-state index contributed by atoms with van der Waals surface area (Å²) < 4.78 is 26.0. The molecule has 104 valence electrons. The van der Waals surface area contributed by atoms with Crippen LogP contribution in [0.2, 0.25) is 10.0 Å². The summed E-state index contributed by atoms with van der Waals surface area (Å²) in [4.78, 5) is -0.000450. The molecule has 4 nitrogen and oxygen atoms in total. The van der Waals surface area contributed by atoms with E-state index in [-0.39, 0.29) is 33.9 Å². The molecule has 1 aromatic rings. The van der Waals surface area contributed by atoms with Gasteiger partial charge in [-0.1, -0.05) is 29.3 Å². The topological polar surface area (TPSA) is 57.6 Å². The quantitative estimate of drug-likeness (QED) is 0.927. The number of β-amino-alcohol motifs (C(OH)–C–C–N with tert-alkyl or cyclic N) is 1. The maximum atomic E-state index is 12.4. The van der Waals surface area contributed by atoms with Crippen LogP contribution in [0.15, 0.2) is 23.1 Å². The summed E-state index contributed by atoms with van der Waals surface area (Å²) in [6, 6.07) is 4.52. The van der Waals surface area contributed by atoms with E-state index in [0.29, 0.717) is 0 Å². The van der Waals surface area contributed by atoms with E-state index in [1.54, 1.807) is 12.1 Å². The van der Waals surface area contributed by atoms with Gasteiger partial charge >= 0.3 is 0 Å². The van der Waals surface area contributed by atoms with Gasteiger partial charge in [0.15, 0.2) is 0 Å². The molecule has 7 heteroatoms. The Morgan fingerprint density at radius 1 is 1.26 bits per heavy atom. The van der Waals surface area contributed by atoms with E-state index in [2.05, 4.69) is 0 Å². The zero-order chi connectivity index (χ0) is 13.8. The molecule has 1 aliphatic carbocycles. The van der Waals surface area contributed by atoms with Crippen molar-refractivity contribution in [1.82, 2.24) is 4.31 Å². The summed E-state index contributed by atoms with van der Waals surface area (Å²) >= 11 is 11.8. The van der Waals surface area contributed by atoms with Gasteiger partial charge < -0.3 is 5.11 Å². The molecule has 0 bridgehead atoms. The maximum absolute atomic E-state index is 12.4. The van der Waals surface area contributed by atoms with Crippen molar-refractivity contribution in [2.45, 2.75) is 23.3 Å². The number of hydrogen-bond acceptors (Lipinski definition) is 3. The van der Waals surface area contributed by atoms with E-state index in [1.807, 2.05) is 0 Å². The van der Waals surface area contributed by atoms with Gasteiger partial charge in [-0.25, -0.2) is 8.42 Å². The third-order valence-corrected chi connectivity index (χ3v) is 6.54. The third kappa shape index (κ3) is 2.17. The van der Waals surface area contributed by atoms with Gasteiger partial charge in [-0.3, -0.25) is 0 Å². The van der Waals surface area contributed by atoms with Crippen LogP contribution in [-0.2, 0) is 10.0 Å². The van der Waals surface area contributed by atoms with Crippen molar-refractivity contribution in [2.24, 2.45) is 5.92 Å². The van der Waals surface area contributed by atoms with Crippen LogP contribution < -0.4 is 0 Å². The van der Waals surface area contributed by atoms with E-state index in [4.69, 9.17) is 23.2 Å². The highest BCUT2D eigenvalue weighted by atomic mass is 35.5. The van der Waals surface area contributed by atoms with Gasteiger partial charge in [0.2, 0.25) is 10.0 Å². The lowest BCUT2D eigenvalue weighted by Gasteiger charge is -2.45. The molecule has 1 aliphatic heterocycles. The summed E-state index contributed by atoms with van der Waals surface area (Å²) in [6.45, 7) is 0.283. The molecule has 3 rings (SSSR count). The van der Waals surface area contributed by atoms with Crippen LogP contribution in [0.1, 0.15) is 12.8 Å². The number of nitrogens with zero attached hydrogens (tertiary/aromatic N) is 1. The van der Waals surface area contributed by atoms with Crippen LogP contribution in [-0.4, -0.2) is 36.5 Å². The molecule has 1 saturated heterocycles. The summed E-state index contributed by atoms with van der Waals surface area (Å²) in [5, 5.41) is 10.4. The lowest BCUT2D eigenvalue weighted by Crippen LogP contribution is -2.64. The Balaban J connectivity index is 1.86. The fourth-order valence-electron chi connectivity index (χ4n) is 2.44. The molecule has 19 heavy (non-hydrogen) atoms. The SMILES string of the molecule is O=S(=O)(c1cccc(Cl)c1Cl)N1CC(O)(C2CC2)C1. The number of rotatable bonds is 3. The maximum Gasteiger partial charge on any atom is 0.244 e. The van der Waals surface area contributed by atoms with Crippen LogP contribution >= 0.6 is 23.2 Å². The number of halogens is 2. The molecule has 0 unspecified atom stereocenters. The number of benzene rings is 1. The van der Waals surface area contributed by atoms with Gasteiger partial charge in [0.05, 0.1) is 15.6 Å². The Morgan fingerprint density at radius 2 is 1.89 bits per heavy atom. The van der Waals surface area contributed by atoms with Gasteiger partial charge in [0.1, 0.15) is 4.90 Å². The lowest BCUT2D eigenvalue weighted by molar-refractivity contribution is -0.0764. The second kappa shape index (κ2) is 4.33. The number of hydrogen-bond donors (Lipinski definition) is 1. The van der Waals surface area contributed by atoms with Gasteiger partial charge in [-0.05, 0) is 30.9 Å². The van der Waals surface area contributed by atoms with E-state index < -0.39 is 15.6 Å². The van der Waals surface area contributed by atoms with Crippen molar-refractivity contribution in [3.63, 3.8) is 0 Å². The van der Waals surface area contributed by atoms with E-state index in [9.17, 15) is 13.5 Å². The molecule has 0 spiro atoms. The van der Waals surface area contributed by atoms with Crippen molar-refractivity contribution in [2.75, 3.05) is 13.1 Å². The average Bonchev–Trinajstić information content (AvgIpc) is 3.12. The molecule has 1 N–H and O–H groups in total. The normalized spacial score (nSPS) is 23.1. The summed E-state index contributed by atoms with van der Waals surface area (Å²) in [6.07, 6.45) is 1.95. The van der Waals surface area contributed by atoms with E-state index in [1.165, 1.54) is 10.4 Å². The Morgan fingerprint density at radius 3 is 2.47 bits per heavy atom. The van der Waals surface area contributed by atoms with Crippen LogP contribution in [0.4, 0.5) is 0 Å². The van der Waals surface area contributed by atoms with Crippen molar-refractivity contribution in [3.8, 4) is 0 Å². The first-order valence-corrected chi connectivity index (χ1v) is 8.21. The molecular formula is C12H13Cl2NO3S. The Labute approximate surface area is 122 Å². The van der Waals surface area contributed by atoms with Crippen molar-refractivity contribution in [3.05, 3.63) is 28.2 Å². The molecule has 2 fully saturated rings. The Hall–Kier alpha value is -0.330. The van der Waals surface area contributed by atoms with Crippen LogP contribution in [0, 0.1) is 5.92 Å². The molecule has 1 saturated carbocycles. The van der Waals surface area contributed by atoms with Crippen LogP contribution in [0.3, 0.4) is 0 Å². The predicted molar refractivity (Wildman–Crippen MR) is 72.9 cm³/mol. The van der Waals surface area contributed by atoms with E-state index >= 15 is 0 Å². The van der Waals surface area contributed by atoms with E-state index in [0.717, 1.165) is 12.8 Å². The largest absolute Gasteiger partial charge is 0.387 e. The van der Waals surface area contributed by atoms with Gasteiger partial charge in [-0.2, -0.15) is 4.31 Å². The van der Waals surface area contributed by atoms with Gasteiger partial charge in [0.25, 0.3) is 0 Å². The molecule has 1 aromatic carbocycles. The van der Waals surface area contributed by atoms with Crippen LogP contribution in [0.5, 0.6) is 0 Å². The predicted octanol–water partition coefficient (Wildman–Crippen LogP) is 2.14. The summed E-state index contributed by atoms with van der Waals surface area (Å²) in [7, 11) is -3.68. The van der Waals surface area contributed by atoms with Crippen LogP contribution in [0.25, 0.3) is 0 Å². The van der Waals surface area contributed by atoms with Gasteiger partial charge in [-0.15, -0.1) is 0 Å². The first kappa shape index (κ1) is 13.6. The van der Waals surface area contributed by atoms with Gasteiger partial charge in [0, 0.05) is 13.1 Å². The number of aliphatic hydroxyl groups is 1. The minimum Gasteiger partial charge on any atom is -0.387 e. The highest BCUT2D eigenvalue weighted by Gasteiger charge is 2.55. The molecule has 1 heterocycles.